The van der Waals surface area contributed by atoms with Gasteiger partial charge in [-0.05, 0) is 51.0 Å². The van der Waals surface area contributed by atoms with Crippen LogP contribution < -0.4 is 10.6 Å². The molecule has 5 rings (SSSR count). The molecule has 0 aromatic carbocycles. The molecule has 0 amide bonds. The molecule has 3 N–H and O–H groups in total. The van der Waals surface area contributed by atoms with Crippen molar-refractivity contribution in [1.29, 1.82) is 0 Å². The lowest BCUT2D eigenvalue weighted by atomic mass is 9.96. The molecule has 2 aromatic heterocycles. The van der Waals surface area contributed by atoms with Gasteiger partial charge in [-0.3, -0.25) is 9.36 Å². The van der Waals surface area contributed by atoms with Gasteiger partial charge in [0.15, 0.2) is 5.65 Å². The Bertz CT molecular complexity index is 1070. The van der Waals surface area contributed by atoms with Crippen LogP contribution in [0.5, 0.6) is 0 Å². The summed E-state index contributed by atoms with van der Waals surface area (Å²) in [7, 11) is 0. The van der Waals surface area contributed by atoms with Gasteiger partial charge >= 0.3 is 5.97 Å². The highest BCUT2D eigenvalue weighted by atomic mass is 19.1. The highest BCUT2D eigenvalue weighted by molar-refractivity contribution is 5.76. The van der Waals surface area contributed by atoms with Gasteiger partial charge in [-0.15, -0.1) is 0 Å². The molecule has 170 valence electrons. The lowest BCUT2D eigenvalue weighted by Crippen LogP contribution is -2.23. The van der Waals surface area contributed by atoms with Crippen molar-refractivity contribution < 1.29 is 14.3 Å². The van der Waals surface area contributed by atoms with Crippen molar-refractivity contribution in [2.24, 2.45) is 5.92 Å². The van der Waals surface area contributed by atoms with Crippen LogP contribution in [0.4, 0.5) is 16.3 Å². The van der Waals surface area contributed by atoms with Crippen molar-refractivity contribution >= 4 is 29.0 Å². The van der Waals surface area contributed by atoms with Crippen LogP contribution in [0.2, 0.25) is 0 Å². The maximum absolute atomic E-state index is 14.4. The predicted molar refractivity (Wildman–Crippen MR) is 120 cm³/mol. The first-order valence-corrected chi connectivity index (χ1v) is 11.7. The van der Waals surface area contributed by atoms with Crippen LogP contribution in [0.1, 0.15) is 70.3 Å². The van der Waals surface area contributed by atoms with Crippen molar-refractivity contribution in [3.8, 4) is 0 Å². The number of carboxylic acids is 1. The Morgan fingerprint density at radius 3 is 2.66 bits per heavy atom. The molecule has 0 saturated heterocycles. The molecule has 2 unspecified atom stereocenters. The van der Waals surface area contributed by atoms with Gasteiger partial charge in [0.1, 0.15) is 11.3 Å². The number of nitrogens with zero attached hydrogens (tertiary/aromatic N) is 4. The Labute approximate surface area is 186 Å². The van der Waals surface area contributed by atoms with Crippen LogP contribution in [0, 0.1) is 5.92 Å². The van der Waals surface area contributed by atoms with Gasteiger partial charge in [0.05, 0.1) is 17.8 Å². The molecule has 2 atom stereocenters. The third-order valence-electron chi connectivity index (χ3n) is 6.83. The first-order valence-electron chi connectivity index (χ1n) is 11.7. The van der Waals surface area contributed by atoms with E-state index in [2.05, 4.69) is 20.6 Å². The number of halogens is 1. The summed E-state index contributed by atoms with van der Waals surface area (Å²) >= 11 is 0. The third kappa shape index (κ3) is 4.20. The number of hydrogen-bond donors (Lipinski definition) is 3. The van der Waals surface area contributed by atoms with E-state index >= 15 is 0 Å². The van der Waals surface area contributed by atoms with E-state index < -0.39 is 11.9 Å². The Morgan fingerprint density at radius 1 is 1.09 bits per heavy atom. The minimum atomic E-state index is -0.773. The second-order valence-electron chi connectivity index (χ2n) is 9.06. The van der Waals surface area contributed by atoms with E-state index in [4.69, 9.17) is 4.98 Å². The van der Waals surface area contributed by atoms with E-state index in [9.17, 15) is 14.3 Å². The zero-order valence-electron chi connectivity index (χ0n) is 18.1. The number of aromatic nitrogens is 4. The van der Waals surface area contributed by atoms with Crippen LogP contribution >= 0.6 is 0 Å². The van der Waals surface area contributed by atoms with E-state index in [1.54, 1.807) is 12.3 Å². The zero-order valence-corrected chi connectivity index (χ0v) is 18.1. The predicted octanol–water partition coefficient (Wildman–Crippen LogP) is 4.94. The fourth-order valence-corrected chi connectivity index (χ4v) is 5.12. The molecule has 3 aliphatic carbocycles. The number of allylic oxidation sites excluding steroid dienone is 3. The fourth-order valence-electron chi connectivity index (χ4n) is 5.12. The van der Waals surface area contributed by atoms with Gasteiger partial charge in [-0.1, -0.05) is 25.3 Å². The Balaban J connectivity index is 1.50. The highest BCUT2D eigenvalue weighted by Crippen LogP contribution is 2.39. The second kappa shape index (κ2) is 8.88. The Morgan fingerprint density at radius 2 is 1.91 bits per heavy atom. The molecule has 8 nitrogen and oxygen atoms in total. The number of hydrogen-bond acceptors (Lipinski definition) is 6. The second-order valence-corrected chi connectivity index (χ2v) is 9.06. The van der Waals surface area contributed by atoms with E-state index in [0.717, 1.165) is 19.3 Å². The van der Waals surface area contributed by atoms with Gasteiger partial charge in [-0.25, -0.2) is 14.4 Å². The SMILES string of the molecule is O=C(O)C1CCC(n2c(NC3=CCCC=C3F)nc3cnc(NC4CCCCC4)nc32)C1. The molecular weight excluding hydrogens is 411 g/mol. The van der Waals surface area contributed by atoms with Gasteiger partial charge < -0.3 is 15.7 Å². The van der Waals surface area contributed by atoms with Crippen molar-refractivity contribution in [3.05, 3.63) is 29.9 Å². The number of fused-ring (bicyclic) bond motifs is 1. The summed E-state index contributed by atoms with van der Waals surface area (Å²) in [5, 5.41) is 16.1. The summed E-state index contributed by atoms with van der Waals surface area (Å²) in [4.78, 5) is 25.5. The summed E-state index contributed by atoms with van der Waals surface area (Å²) in [6.07, 6.45) is 14.2. The molecule has 2 saturated carbocycles. The summed E-state index contributed by atoms with van der Waals surface area (Å²) < 4.78 is 16.3. The smallest absolute Gasteiger partial charge is 0.306 e. The minimum Gasteiger partial charge on any atom is -0.481 e. The quantitative estimate of drug-likeness (QED) is 0.584. The van der Waals surface area contributed by atoms with Crippen LogP contribution in [-0.2, 0) is 4.79 Å². The number of imidazole rings is 1. The highest BCUT2D eigenvalue weighted by Gasteiger charge is 2.33. The molecule has 9 heteroatoms. The van der Waals surface area contributed by atoms with Crippen molar-refractivity contribution in [2.75, 3.05) is 10.6 Å². The van der Waals surface area contributed by atoms with Crippen molar-refractivity contribution in [1.82, 2.24) is 19.5 Å². The van der Waals surface area contributed by atoms with Crippen LogP contribution in [0.15, 0.2) is 29.9 Å². The average Bonchev–Trinajstić information content (AvgIpc) is 3.40. The summed E-state index contributed by atoms with van der Waals surface area (Å²) in [6.45, 7) is 0. The van der Waals surface area contributed by atoms with E-state index in [1.807, 2.05) is 10.6 Å². The third-order valence-corrected chi connectivity index (χ3v) is 6.83. The van der Waals surface area contributed by atoms with Crippen molar-refractivity contribution in [2.45, 2.75) is 76.3 Å². The van der Waals surface area contributed by atoms with E-state index in [1.165, 1.54) is 19.3 Å². The molecule has 0 radical (unpaired) electrons. The number of anilines is 2. The Kier molecular flexibility index (Phi) is 5.80. The van der Waals surface area contributed by atoms with Crippen LogP contribution in [-0.4, -0.2) is 36.6 Å². The Hall–Kier alpha value is -2.97. The van der Waals surface area contributed by atoms with E-state index in [0.29, 0.717) is 60.5 Å². The first-order chi connectivity index (χ1) is 15.6. The zero-order chi connectivity index (χ0) is 22.1. The molecule has 0 spiro atoms. The number of aliphatic carboxylic acids is 1. The van der Waals surface area contributed by atoms with Gasteiger partial charge in [0.2, 0.25) is 11.9 Å². The summed E-state index contributed by atoms with van der Waals surface area (Å²) in [5.41, 5.74) is 1.66. The standard InChI is InChI=1S/C23H29FN6O2/c24-17-8-4-5-9-18(17)27-23-28-19-13-25-22(26-15-6-2-1-3-7-15)29-20(19)30(23)16-11-10-14(12-16)21(31)32/h8-9,13-16H,1-7,10-12H2,(H,27,28)(H,31,32)(H,25,26,29). The molecule has 0 bridgehead atoms. The molecular formula is C23H29FN6O2. The van der Waals surface area contributed by atoms with Crippen LogP contribution in [0.25, 0.3) is 11.2 Å². The maximum atomic E-state index is 14.4. The lowest BCUT2D eigenvalue weighted by molar-refractivity contribution is -0.141. The van der Waals surface area contributed by atoms with Crippen LogP contribution in [0.3, 0.4) is 0 Å². The number of nitrogens with one attached hydrogen (secondary N) is 2. The monoisotopic (exact) mass is 440 g/mol. The van der Waals surface area contributed by atoms with Crippen molar-refractivity contribution in [3.63, 3.8) is 0 Å². The fraction of sp³-hybridized carbons (Fsp3) is 0.565. The number of rotatable bonds is 6. The first kappa shape index (κ1) is 20.9. The molecule has 0 aliphatic heterocycles. The minimum absolute atomic E-state index is 0.0720. The molecule has 2 heterocycles. The largest absolute Gasteiger partial charge is 0.481 e. The summed E-state index contributed by atoms with van der Waals surface area (Å²) in [6, 6.07) is 0.293. The summed E-state index contributed by atoms with van der Waals surface area (Å²) in [5.74, 6) is -0.415. The maximum Gasteiger partial charge on any atom is 0.306 e. The normalized spacial score (nSPS) is 24.3. The van der Waals surface area contributed by atoms with Gasteiger partial charge in [0.25, 0.3) is 0 Å². The number of carboxylic acid groups (broad SMARTS) is 1. The molecule has 2 aromatic rings. The molecule has 32 heavy (non-hydrogen) atoms. The number of carbonyl (C=O) groups is 1. The molecule has 3 aliphatic rings. The average molecular weight is 441 g/mol. The van der Waals surface area contributed by atoms with Gasteiger partial charge in [-0.2, -0.15) is 4.98 Å². The lowest BCUT2D eigenvalue weighted by Gasteiger charge is -2.22. The van der Waals surface area contributed by atoms with E-state index in [-0.39, 0.29) is 11.9 Å². The topological polar surface area (TPSA) is 105 Å². The van der Waals surface area contributed by atoms with Gasteiger partial charge in [0, 0.05) is 12.1 Å². The molecule has 2 fully saturated rings.